The fourth-order valence-electron chi connectivity index (χ4n) is 1.53. The Balaban J connectivity index is 1.85. The molecular weight excluding hydrogens is 357 g/mol. The van der Waals surface area contributed by atoms with Crippen molar-refractivity contribution in [3.8, 4) is 0 Å². The van der Waals surface area contributed by atoms with Crippen molar-refractivity contribution >= 4 is 46.4 Å². The highest BCUT2D eigenvalue weighted by Crippen LogP contribution is 2.37. The number of halogens is 4. The number of hydrogen-bond donors (Lipinski definition) is 2. The summed E-state index contributed by atoms with van der Waals surface area (Å²) in [6, 6.07) is 6.68. The lowest BCUT2D eigenvalue weighted by Gasteiger charge is -2.09. The fraction of sp³-hybridized carbons (Fsp3) is 0.154. The summed E-state index contributed by atoms with van der Waals surface area (Å²) in [6.07, 6.45) is 0. The van der Waals surface area contributed by atoms with Crippen LogP contribution in [0.15, 0.2) is 40.6 Å². The van der Waals surface area contributed by atoms with Gasteiger partial charge in [0.15, 0.2) is 0 Å². The number of nitrogens with one attached hydrogen (secondary N) is 2. The van der Waals surface area contributed by atoms with Crippen molar-refractivity contribution in [1.82, 2.24) is 5.32 Å². The van der Waals surface area contributed by atoms with Crippen LogP contribution >= 0.6 is 34.7 Å². The molecule has 0 radical (unpaired) electrons. The van der Waals surface area contributed by atoms with E-state index in [0.29, 0.717) is 10.7 Å². The number of urea groups is 1. The van der Waals surface area contributed by atoms with E-state index >= 15 is 0 Å². The summed E-state index contributed by atoms with van der Waals surface area (Å²) >= 11 is 7.12. The first-order valence-electron chi connectivity index (χ1n) is 5.96. The number of thiophene rings is 1. The molecular formula is C13H10ClF3N2OS2. The van der Waals surface area contributed by atoms with Gasteiger partial charge in [-0.25, -0.2) is 4.79 Å². The van der Waals surface area contributed by atoms with E-state index in [4.69, 9.17) is 11.6 Å². The van der Waals surface area contributed by atoms with E-state index in [1.165, 1.54) is 35.6 Å². The quantitative estimate of drug-likeness (QED) is 0.717. The second-order valence-electron chi connectivity index (χ2n) is 4.07. The van der Waals surface area contributed by atoms with E-state index in [0.717, 1.165) is 4.88 Å². The van der Waals surface area contributed by atoms with Crippen molar-refractivity contribution in [1.29, 1.82) is 0 Å². The van der Waals surface area contributed by atoms with Gasteiger partial charge in [0.05, 0.1) is 11.6 Å². The van der Waals surface area contributed by atoms with E-state index in [1.54, 1.807) is 6.07 Å². The molecule has 2 N–H and O–H groups in total. The van der Waals surface area contributed by atoms with Crippen molar-refractivity contribution in [3.63, 3.8) is 0 Å². The highest BCUT2D eigenvalue weighted by atomic mass is 35.5. The molecule has 0 aliphatic heterocycles. The number of hydrogen-bond acceptors (Lipinski definition) is 3. The van der Waals surface area contributed by atoms with E-state index < -0.39 is 11.5 Å². The monoisotopic (exact) mass is 366 g/mol. The first-order chi connectivity index (χ1) is 10.3. The van der Waals surface area contributed by atoms with Gasteiger partial charge in [-0.05, 0) is 47.5 Å². The number of thioether (sulfide) groups is 1. The molecule has 2 rings (SSSR count). The SMILES string of the molecule is O=C(NCc1sccc1Cl)Nc1ccc(SC(F)(F)F)cc1. The molecule has 2 amide bonds. The number of carbonyl (C=O) groups is 1. The van der Waals surface area contributed by atoms with Crippen LogP contribution in [-0.2, 0) is 6.54 Å². The van der Waals surface area contributed by atoms with Gasteiger partial charge in [-0.15, -0.1) is 11.3 Å². The Morgan fingerprint density at radius 3 is 2.45 bits per heavy atom. The first-order valence-corrected chi connectivity index (χ1v) is 8.03. The maximum absolute atomic E-state index is 12.2. The lowest BCUT2D eigenvalue weighted by atomic mass is 10.3. The smallest absolute Gasteiger partial charge is 0.333 e. The minimum atomic E-state index is -4.33. The van der Waals surface area contributed by atoms with Gasteiger partial charge < -0.3 is 10.6 Å². The van der Waals surface area contributed by atoms with Crippen molar-refractivity contribution in [2.45, 2.75) is 16.9 Å². The molecule has 3 nitrogen and oxygen atoms in total. The van der Waals surface area contributed by atoms with Crippen LogP contribution in [0.25, 0.3) is 0 Å². The van der Waals surface area contributed by atoms with Crippen LogP contribution < -0.4 is 10.6 Å². The zero-order chi connectivity index (χ0) is 16.2. The second kappa shape index (κ2) is 7.26. The van der Waals surface area contributed by atoms with E-state index in [9.17, 15) is 18.0 Å². The molecule has 118 valence electrons. The average molecular weight is 367 g/mol. The van der Waals surface area contributed by atoms with E-state index in [-0.39, 0.29) is 23.2 Å². The zero-order valence-corrected chi connectivity index (χ0v) is 13.3. The van der Waals surface area contributed by atoms with E-state index in [2.05, 4.69) is 10.6 Å². The lowest BCUT2D eigenvalue weighted by Crippen LogP contribution is -2.27. The van der Waals surface area contributed by atoms with Crippen LogP contribution in [0.3, 0.4) is 0 Å². The van der Waals surface area contributed by atoms with Gasteiger partial charge in [-0.2, -0.15) is 13.2 Å². The Morgan fingerprint density at radius 1 is 1.23 bits per heavy atom. The highest BCUT2D eigenvalue weighted by molar-refractivity contribution is 8.00. The summed E-state index contributed by atoms with van der Waals surface area (Å²) in [5.74, 6) is 0. The summed E-state index contributed by atoms with van der Waals surface area (Å²) in [5, 5.41) is 7.55. The first kappa shape index (κ1) is 17.0. The average Bonchev–Trinajstić information content (AvgIpc) is 2.83. The normalized spacial score (nSPS) is 11.3. The van der Waals surface area contributed by atoms with Gasteiger partial charge in [0, 0.05) is 15.5 Å². The topological polar surface area (TPSA) is 41.1 Å². The third-order valence-corrected chi connectivity index (χ3v) is 4.57. The molecule has 0 atom stereocenters. The maximum Gasteiger partial charge on any atom is 0.446 e. The predicted molar refractivity (Wildman–Crippen MR) is 83.5 cm³/mol. The lowest BCUT2D eigenvalue weighted by molar-refractivity contribution is -0.0328. The number of anilines is 1. The van der Waals surface area contributed by atoms with Crippen LogP contribution in [0.2, 0.25) is 5.02 Å². The fourth-order valence-corrected chi connectivity index (χ4v) is 3.11. The summed E-state index contributed by atoms with van der Waals surface area (Å²) in [4.78, 5) is 12.6. The molecule has 0 saturated heterocycles. The van der Waals surface area contributed by atoms with Gasteiger partial charge >= 0.3 is 11.5 Å². The van der Waals surface area contributed by atoms with Gasteiger partial charge in [-0.3, -0.25) is 0 Å². The summed E-state index contributed by atoms with van der Waals surface area (Å²) in [6.45, 7) is 0.282. The van der Waals surface area contributed by atoms with Crippen molar-refractivity contribution in [2.75, 3.05) is 5.32 Å². The van der Waals surface area contributed by atoms with Crippen LogP contribution in [0.5, 0.6) is 0 Å². The summed E-state index contributed by atoms with van der Waals surface area (Å²) in [5.41, 5.74) is -3.92. The minimum Gasteiger partial charge on any atom is -0.333 e. The Morgan fingerprint density at radius 2 is 1.91 bits per heavy atom. The van der Waals surface area contributed by atoms with Crippen molar-refractivity contribution < 1.29 is 18.0 Å². The van der Waals surface area contributed by atoms with Gasteiger partial charge in [0.25, 0.3) is 0 Å². The molecule has 1 heterocycles. The van der Waals surface area contributed by atoms with Gasteiger partial charge in [-0.1, -0.05) is 11.6 Å². The number of alkyl halides is 3. The third kappa shape index (κ3) is 5.43. The van der Waals surface area contributed by atoms with Crippen LogP contribution in [0, 0.1) is 0 Å². The van der Waals surface area contributed by atoms with Gasteiger partial charge in [0.1, 0.15) is 0 Å². The molecule has 0 unspecified atom stereocenters. The van der Waals surface area contributed by atoms with E-state index in [1.807, 2.05) is 5.38 Å². The molecule has 1 aromatic carbocycles. The molecule has 0 aliphatic rings. The molecule has 22 heavy (non-hydrogen) atoms. The summed E-state index contributed by atoms with van der Waals surface area (Å²) < 4.78 is 36.6. The minimum absolute atomic E-state index is 0.0591. The predicted octanol–water partition coefficient (Wildman–Crippen LogP) is 5.34. The third-order valence-electron chi connectivity index (χ3n) is 2.45. The molecule has 0 bridgehead atoms. The van der Waals surface area contributed by atoms with Crippen LogP contribution in [-0.4, -0.2) is 11.5 Å². The Labute approximate surface area is 137 Å². The van der Waals surface area contributed by atoms with Gasteiger partial charge in [0.2, 0.25) is 0 Å². The zero-order valence-electron chi connectivity index (χ0n) is 10.9. The number of benzene rings is 1. The number of carbonyl (C=O) groups excluding carboxylic acids is 1. The highest BCUT2D eigenvalue weighted by Gasteiger charge is 2.28. The van der Waals surface area contributed by atoms with Crippen molar-refractivity contribution in [2.24, 2.45) is 0 Å². The molecule has 2 aromatic rings. The Kier molecular flexibility index (Phi) is 5.60. The number of amides is 2. The van der Waals surface area contributed by atoms with Crippen LogP contribution in [0.4, 0.5) is 23.7 Å². The number of rotatable bonds is 4. The van der Waals surface area contributed by atoms with Crippen molar-refractivity contribution in [3.05, 3.63) is 45.6 Å². The molecule has 1 aromatic heterocycles. The Hall–Kier alpha value is -1.38. The standard InChI is InChI=1S/C13H10ClF3N2OS2/c14-10-5-6-21-11(10)7-18-12(20)19-8-1-3-9(4-2-8)22-13(15,16)17/h1-6H,7H2,(H2,18,19,20). The second-order valence-corrected chi connectivity index (χ2v) is 6.62. The molecule has 0 fully saturated rings. The maximum atomic E-state index is 12.2. The molecule has 9 heteroatoms. The molecule has 0 saturated carbocycles. The molecule has 0 spiro atoms. The largest absolute Gasteiger partial charge is 0.446 e. The van der Waals surface area contributed by atoms with Crippen LogP contribution in [0.1, 0.15) is 4.88 Å². The summed E-state index contributed by atoms with van der Waals surface area (Å²) in [7, 11) is 0. The Bertz CT molecular complexity index is 643. The molecule has 0 aliphatic carbocycles.